The fraction of sp³-hybridized carbons (Fsp3) is 0.625. The lowest BCUT2D eigenvalue weighted by molar-refractivity contribution is 0.0328. The molecule has 1 aliphatic heterocycles. The summed E-state index contributed by atoms with van der Waals surface area (Å²) in [5, 5.41) is 12.8. The predicted molar refractivity (Wildman–Crippen MR) is 59.2 cm³/mol. The van der Waals surface area contributed by atoms with Crippen LogP contribution in [0.4, 0.5) is 5.13 Å². The van der Waals surface area contributed by atoms with E-state index in [1.807, 2.05) is 0 Å². The molecule has 86 valence electrons. The quantitative estimate of drug-likeness (QED) is 0.769. The van der Waals surface area contributed by atoms with Crippen LogP contribution in [0.25, 0.3) is 4.96 Å². The molecule has 0 aliphatic carbocycles. The number of nitrogen functional groups attached to an aromatic ring is 1. The standard InChI is InChI=1S/C8H12N6OS/c9-7-12-14-6(10-11-8(14)16-7)5-13-1-3-15-4-2-13/h1-5H2,(H2,9,12). The maximum atomic E-state index is 5.62. The summed E-state index contributed by atoms with van der Waals surface area (Å²) in [6.45, 7) is 4.15. The summed E-state index contributed by atoms with van der Waals surface area (Å²) < 4.78 is 7.01. The molecule has 1 aliphatic rings. The summed E-state index contributed by atoms with van der Waals surface area (Å²) in [5.41, 5.74) is 5.62. The molecule has 3 heterocycles. The van der Waals surface area contributed by atoms with Gasteiger partial charge in [0.15, 0.2) is 5.82 Å². The van der Waals surface area contributed by atoms with Gasteiger partial charge in [-0.2, -0.15) is 4.52 Å². The summed E-state index contributed by atoms with van der Waals surface area (Å²) in [4.78, 5) is 3.02. The second kappa shape index (κ2) is 3.96. The van der Waals surface area contributed by atoms with Crippen LogP contribution in [-0.4, -0.2) is 51.0 Å². The van der Waals surface area contributed by atoms with E-state index in [0.29, 0.717) is 5.13 Å². The molecule has 8 heteroatoms. The average Bonchev–Trinajstić information content (AvgIpc) is 2.81. The van der Waals surface area contributed by atoms with E-state index in [2.05, 4.69) is 20.2 Å². The van der Waals surface area contributed by atoms with E-state index < -0.39 is 0 Å². The monoisotopic (exact) mass is 240 g/mol. The van der Waals surface area contributed by atoms with Gasteiger partial charge in [-0.1, -0.05) is 11.3 Å². The number of nitrogens with zero attached hydrogens (tertiary/aromatic N) is 5. The molecule has 0 aromatic carbocycles. The molecule has 1 saturated heterocycles. The zero-order chi connectivity index (χ0) is 11.0. The molecular weight excluding hydrogens is 228 g/mol. The number of ether oxygens (including phenoxy) is 1. The Hall–Kier alpha value is -1.25. The van der Waals surface area contributed by atoms with Crippen LogP contribution in [0.5, 0.6) is 0 Å². The summed E-state index contributed by atoms with van der Waals surface area (Å²) in [7, 11) is 0. The SMILES string of the molecule is Nc1nn2c(CN3CCOCC3)nnc2s1. The molecule has 1 fully saturated rings. The van der Waals surface area contributed by atoms with Crippen LogP contribution in [0.3, 0.4) is 0 Å². The minimum atomic E-state index is 0.521. The molecule has 0 unspecified atom stereocenters. The van der Waals surface area contributed by atoms with Gasteiger partial charge < -0.3 is 10.5 Å². The van der Waals surface area contributed by atoms with E-state index in [-0.39, 0.29) is 0 Å². The van der Waals surface area contributed by atoms with E-state index >= 15 is 0 Å². The van der Waals surface area contributed by atoms with Crippen LogP contribution in [0, 0.1) is 0 Å². The number of morpholine rings is 1. The first-order valence-corrected chi connectivity index (χ1v) is 5.91. The minimum Gasteiger partial charge on any atom is -0.379 e. The Morgan fingerprint density at radius 2 is 2.12 bits per heavy atom. The van der Waals surface area contributed by atoms with Gasteiger partial charge in [0.1, 0.15) is 0 Å². The average molecular weight is 240 g/mol. The molecule has 0 radical (unpaired) electrons. The fourth-order valence-electron chi connectivity index (χ4n) is 1.73. The van der Waals surface area contributed by atoms with Crippen LogP contribution in [0.1, 0.15) is 5.82 Å². The van der Waals surface area contributed by atoms with Crippen LogP contribution >= 0.6 is 11.3 Å². The highest BCUT2D eigenvalue weighted by molar-refractivity contribution is 7.20. The number of aromatic nitrogens is 4. The Kier molecular flexibility index (Phi) is 2.46. The largest absolute Gasteiger partial charge is 0.379 e. The van der Waals surface area contributed by atoms with Crippen molar-refractivity contribution in [1.29, 1.82) is 0 Å². The molecule has 7 nitrogen and oxygen atoms in total. The number of rotatable bonds is 2. The van der Waals surface area contributed by atoms with Crippen LogP contribution in [-0.2, 0) is 11.3 Å². The maximum Gasteiger partial charge on any atom is 0.236 e. The van der Waals surface area contributed by atoms with Gasteiger partial charge in [0, 0.05) is 13.1 Å². The van der Waals surface area contributed by atoms with Crippen molar-refractivity contribution in [3.8, 4) is 0 Å². The third-order valence-corrected chi connectivity index (χ3v) is 3.27. The highest BCUT2D eigenvalue weighted by Crippen LogP contribution is 2.16. The molecule has 0 atom stereocenters. The topological polar surface area (TPSA) is 81.6 Å². The lowest BCUT2D eigenvalue weighted by atomic mass is 10.4. The van der Waals surface area contributed by atoms with E-state index in [1.165, 1.54) is 11.3 Å². The minimum absolute atomic E-state index is 0.521. The summed E-state index contributed by atoms with van der Waals surface area (Å²) in [6.07, 6.45) is 0. The summed E-state index contributed by atoms with van der Waals surface area (Å²) in [5.74, 6) is 0.838. The van der Waals surface area contributed by atoms with Gasteiger partial charge in [-0.15, -0.1) is 15.3 Å². The molecule has 16 heavy (non-hydrogen) atoms. The van der Waals surface area contributed by atoms with Gasteiger partial charge >= 0.3 is 0 Å². The second-order valence-electron chi connectivity index (χ2n) is 3.64. The van der Waals surface area contributed by atoms with Crippen LogP contribution in [0.2, 0.25) is 0 Å². The lowest BCUT2D eigenvalue weighted by Gasteiger charge is -2.25. The normalized spacial score (nSPS) is 18.2. The van der Waals surface area contributed by atoms with Gasteiger partial charge in [-0.05, 0) is 0 Å². The van der Waals surface area contributed by atoms with Crippen molar-refractivity contribution in [1.82, 2.24) is 24.7 Å². The van der Waals surface area contributed by atoms with Crippen molar-refractivity contribution >= 4 is 21.4 Å². The number of hydrogen-bond acceptors (Lipinski definition) is 7. The van der Waals surface area contributed by atoms with Gasteiger partial charge in [-0.3, -0.25) is 4.90 Å². The van der Waals surface area contributed by atoms with E-state index in [9.17, 15) is 0 Å². The Bertz CT molecular complexity index is 488. The van der Waals surface area contributed by atoms with Gasteiger partial charge in [-0.25, -0.2) is 0 Å². The number of fused-ring (bicyclic) bond motifs is 1. The van der Waals surface area contributed by atoms with Crippen molar-refractivity contribution in [2.24, 2.45) is 0 Å². The van der Waals surface area contributed by atoms with Gasteiger partial charge in [0.05, 0.1) is 19.8 Å². The highest BCUT2D eigenvalue weighted by atomic mass is 32.1. The highest BCUT2D eigenvalue weighted by Gasteiger charge is 2.16. The molecule has 0 amide bonds. The molecular formula is C8H12N6OS. The maximum absolute atomic E-state index is 5.62. The van der Waals surface area contributed by atoms with Crippen molar-refractivity contribution < 1.29 is 4.74 Å². The zero-order valence-corrected chi connectivity index (χ0v) is 9.48. The molecule has 2 aromatic heterocycles. The van der Waals surface area contributed by atoms with Crippen molar-refractivity contribution in [3.05, 3.63) is 5.82 Å². The Morgan fingerprint density at radius 3 is 2.94 bits per heavy atom. The van der Waals surface area contributed by atoms with Crippen molar-refractivity contribution in [2.45, 2.75) is 6.54 Å². The van der Waals surface area contributed by atoms with E-state index in [4.69, 9.17) is 10.5 Å². The third kappa shape index (κ3) is 1.75. The van der Waals surface area contributed by atoms with Crippen molar-refractivity contribution in [3.63, 3.8) is 0 Å². The first kappa shape index (κ1) is 9.94. The summed E-state index contributed by atoms with van der Waals surface area (Å²) in [6, 6.07) is 0. The third-order valence-electron chi connectivity index (χ3n) is 2.54. The van der Waals surface area contributed by atoms with Crippen LogP contribution < -0.4 is 5.73 Å². The summed E-state index contributed by atoms with van der Waals surface area (Å²) >= 11 is 1.35. The van der Waals surface area contributed by atoms with Gasteiger partial charge in [0.25, 0.3) is 0 Å². The Labute approximate surface area is 95.8 Å². The molecule has 0 bridgehead atoms. The number of anilines is 1. The first-order chi connectivity index (χ1) is 7.83. The molecule has 3 rings (SSSR count). The smallest absolute Gasteiger partial charge is 0.236 e. The number of hydrogen-bond donors (Lipinski definition) is 1. The molecule has 0 saturated carbocycles. The fourth-order valence-corrected chi connectivity index (χ4v) is 2.35. The molecule has 2 aromatic rings. The molecule has 0 spiro atoms. The predicted octanol–water partition coefficient (Wildman–Crippen LogP) is -0.400. The zero-order valence-electron chi connectivity index (χ0n) is 8.67. The van der Waals surface area contributed by atoms with E-state index in [1.54, 1.807) is 4.52 Å². The van der Waals surface area contributed by atoms with E-state index in [0.717, 1.165) is 43.6 Å². The van der Waals surface area contributed by atoms with Gasteiger partial charge in [0.2, 0.25) is 10.1 Å². The Morgan fingerprint density at radius 1 is 1.31 bits per heavy atom. The van der Waals surface area contributed by atoms with Crippen molar-refractivity contribution in [2.75, 3.05) is 32.0 Å². The Balaban J connectivity index is 1.82. The van der Waals surface area contributed by atoms with Crippen LogP contribution in [0.15, 0.2) is 0 Å². The first-order valence-electron chi connectivity index (χ1n) is 5.09. The number of nitrogens with two attached hydrogens (primary N) is 1. The second-order valence-corrected chi connectivity index (χ2v) is 4.63. The lowest BCUT2D eigenvalue weighted by Crippen LogP contribution is -2.36. The molecule has 2 N–H and O–H groups in total.